The molecule has 0 fully saturated rings. The molecule has 1 rings (SSSR count). The Bertz CT molecular complexity index is 479. The molecule has 0 saturated heterocycles. The van der Waals surface area contributed by atoms with E-state index in [-0.39, 0.29) is 17.6 Å². The summed E-state index contributed by atoms with van der Waals surface area (Å²) >= 11 is 0. The van der Waals surface area contributed by atoms with Crippen LogP contribution in [0.5, 0.6) is 0 Å². The van der Waals surface area contributed by atoms with Gasteiger partial charge in [-0.1, -0.05) is 18.2 Å². The molecule has 1 aromatic carbocycles. The minimum atomic E-state index is -0.393. The first kappa shape index (κ1) is 17.1. The lowest BCUT2D eigenvalue weighted by Crippen LogP contribution is -2.43. The number of ether oxygens (including phenoxy) is 1. The summed E-state index contributed by atoms with van der Waals surface area (Å²) in [6.07, 6.45) is 0.493. The number of nitro benzene ring substituents is 1. The monoisotopic (exact) mass is 295 g/mol. The summed E-state index contributed by atoms with van der Waals surface area (Å²) in [4.78, 5) is 22.2. The number of hydrogen-bond donors (Lipinski definition) is 2. The molecule has 7 heteroatoms. The van der Waals surface area contributed by atoms with Crippen LogP contribution in [0.2, 0.25) is 0 Å². The number of amides is 1. The Morgan fingerprint density at radius 3 is 2.76 bits per heavy atom. The van der Waals surface area contributed by atoms with E-state index in [2.05, 4.69) is 10.6 Å². The number of benzene rings is 1. The van der Waals surface area contributed by atoms with Crippen LogP contribution in [0.4, 0.5) is 5.69 Å². The average Bonchev–Trinajstić information content (AvgIpc) is 2.47. The van der Waals surface area contributed by atoms with Crippen LogP contribution in [0.3, 0.4) is 0 Å². The van der Waals surface area contributed by atoms with Crippen LogP contribution in [0, 0.1) is 10.1 Å². The number of carbonyl (C=O) groups is 1. The van der Waals surface area contributed by atoms with Crippen LogP contribution in [-0.2, 0) is 16.0 Å². The van der Waals surface area contributed by atoms with E-state index in [0.717, 1.165) is 0 Å². The van der Waals surface area contributed by atoms with E-state index in [1.165, 1.54) is 6.07 Å². The molecular formula is C14H21N3O4. The second kappa shape index (κ2) is 9.04. The minimum absolute atomic E-state index is 0.108. The van der Waals surface area contributed by atoms with Crippen LogP contribution in [0.15, 0.2) is 24.3 Å². The van der Waals surface area contributed by atoms with Gasteiger partial charge >= 0.3 is 0 Å². The molecule has 21 heavy (non-hydrogen) atoms. The molecule has 0 heterocycles. The smallest absolute Gasteiger partial charge is 0.272 e. The number of para-hydroxylation sites is 1. The number of nitrogens with one attached hydrogen (secondary N) is 2. The van der Waals surface area contributed by atoms with Gasteiger partial charge in [-0.2, -0.15) is 0 Å². The summed E-state index contributed by atoms with van der Waals surface area (Å²) in [5.74, 6) is -0.116. The SMILES string of the molecule is COCCNC(=O)C(C)NCCc1ccccc1[N+](=O)[O-]. The van der Waals surface area contributed by atoms with Crippen molar-refractivity contribution in [3.05, 3.63) is 39.9 Å². The van der Waals surface area contributed by atoms with Gasteiger partial charge in [0.15, 0.2) is 0 Å². The first-order valence-electron chi connectivity index (χ1n) is 6.78. The van der Waals surface area contributed by atoms with Crippen LogP contribution >= 0.6 is 0 Å². The quantitative estimate of drug-likeness (QED) is 0.401. The van der Waals surface area contributed by atoms with E-state index >= 15 is 0 Å². The number of nitro groups is 1. The highest BCUT2D eigenvalue weighted by molar-refractivity contribution is 5.81. The fraction of sp³-hybridized carbons (Fsp3) is 0.500. The van der Waals surface area contributed by atoms with E-state index < -0.39 is 4.92 Å². The number of rotatable bonds is 9. The van der Waals surface area contributed by atoms with Gasteiger partial charge in [-0.05, 0) is 13.3 Å². The van der Waals surface area contributed by atoms with Crippen molar-refractivity contribution < 1.29 is 14.5 Å². The van der Waals surface area contributed by atoms with Crippen molar-refractivity contribution in [3.63, 3.8) is 0 Å². The molecule has 1 aromatic rings. The summed E-state index contributed by atoms with van der Waals surface area (Å²) in [5, 5.41) is 16.7. The molecule has 7 nitrogen and oxygen atoms in total. The molecule has 0 aliphatic rings. The van der Waals surface area contributed by atoms with E-state index in [1.807, 2.05) is 0 Å². The highest BCUT2D eigenvalue weighted by atomic mass is 16.6. The van der Waals surface area contributed by atoms with Crippen LogP contribution < -0.4 is 10.6 Å². The van der Waals surface area contributed by atoms with E-state index in [0.29, 0.717) is 31.7 Å². The molecule has 0 aliphatic heterocycles. The van der Waals surface area contributed by atoms with Gasteiger partial charge in [0.1, 0.15) is 0 Å². The summed E-state index contributed by atoms with van der Waals surface area (Å²) in [6, 6.07) is 6.26. The largest absolute Gasteiger partial charge is 0.383 e. The number of methoxy groups -OCH3 is 1. The second-order valence-corrected chi connectivity index (χ2v) is 4.60. The van der Waals surface area contributed by atoms with Gasteiger partial charge in [0.25, 0.3) is 5.69 Å². The third kappa shape index (κ3) is 5.88. The Kier molecular flexibility index (Phi) is 7.34. The first-order chi connectivity index (χ1) is 10.1. The van der Waals surface area contributed by atoms with Crippen LogP contribution in [0.25, 0.3) is 0 Å². The molecule has 0 saturated carbocycles. The molecule has 1 amide bonds. The van der Waals surface area contributed by atoms with E-state index in [1.54, 1.807) is 32.2 Å². The summed E-state index contributed by atoms with van der Waals surface area (Å²) < 4.78 is 4.85. The fourth-order valence-corrected chi connectivity index (χ4v) is 1.85. The zero-order valence-electron chi connectivity index (χ0n) is 12.3. The summed E-state index contributed by atoms with van der Waals surface area (Å²) in [6.45, 7) is 3.17. The Balaban J connectivity index is 2.39. The predicted octanol–water partition coefficient (Wildman–Crippen LogP) is 0.878. The second-order valence-electron chi connectivity index (χ2n) is 4.60. The zero-order chi connectivity index (χ0) is 15.7. The van der Waals surface area contributed by atoms with Gasteiger partial charge in [-0.15, -0.1) is 0 Å². The minimum Gasteiger partial charge on any atom is -0.383 e. The van der Waals surface area contributed by atoms with Crippen LogP contribution in [0.1, 0.15) is 12.5 Å². The van der Waals surface area contributed by atoms with Crippen molar-refractivity contribution in [2.24, 2.45) is 0 Å². The number of nitrogens with zero attached hydrogens (tertiary/aromatic N) is 1. The normalized spacial score (nSPS) is 11.9. The highest BCUT2D eigenvalue weighted by Gasteiger charge is 2.14. The predicted molar refractivity (Wildman–Crippen MR) is 79.2 cm³/mol. The third-order valence-corrected chi connectivity index (χ3v) is 3.03. The fourth-order valence-electron chi connectivity index (χ4n) is 1.85. The molecule has 0 aromatic heterocycles. The molecule has 2 N–H and O–H groups in total. The van der Waals surface area contributed by atoms with Crippen molar-refractivity contribution in [2.75, 3.05) is 26.8 Å². The topological polar surface area (TPSA) is 93.5 Å². The zero-order valence-corrected chi connectivity index (χ0v) is 12.3. The Morgan fingerprint density at radius 1 is 1.38 bits per heavy atom. The average molecular weight is 295 g/mol. The summed E-state index contributed by atoms with van der Waals surface area (Å²) in [5.41, 5.74) is 0.762. The molecule has 1 unspecified atom stereocenters. The van der Waals surface area contributed by atoms with E-state index in [4.69, 9.17) is 4.74 Å². The lowest BCUT2D eigenvalue weighted by molar-refractivity contribution is -0.385. The van der Waals surface area contributed by atoms with Crippen LogP contribution in [-0.4, -0.2) is 43.7 Å². The standard InChI is InChI=1S/C14H21N3O4/c1-11(14(18)16-9-10-21-2)15-8-7-12-5-3-4-6-13(12)17(19)20/h3-6,11,15H,7-10H2,1-2H3,(H,16,18). The maximum atomic E-state index is 11.7. The lowest BCUT2D eigenvalue weighted by atomic mass is 10.1. The highest BCUT2D eigenvalue weighted by Crippen LogP contribution is 2.17. The number of hydrogen-bond acceptors (Lipinski definition) is 5. The van der Waals surface area contributed by atoms with Crippen molar-refractivity contribution in [1.29, 1.82) is 0 Å². The van der Waals surface area contributed by atoms with Gasteiger partial charge in [0.2, 0.25) is 5.91 Å². The molecular weight excluding hydrogens is 274 g/mol. The van der Waals surface area contributed by atoms with Crippen molar-refractivity contribution >= 4 is 11.6 Å². The Morgan fingerprint density at radius 2 is 2.10 bits per heavy atom. The van der Waals surface area contributed by atoms with Crippen molar-refractivity contribution in [3.8, 4) is 0 Å². The molecule has 0 aliphatic carbocycles. The maximum Gasteiger partial charge on any atom is 0.272 e. The van der Waals surface area contributed by atoms with Gasteiger partial charge < -0.3 is 15.4 Å². The van der Waals surface area contributed by atoms with E-state index in [9.17, 15) is 14.9 Å². The molecule has 0 radical (unpaired) electrons. The maximum absolute atomic E-state index is 11.7. The Labute approximate surface area is 123 Å². The molecule has 1 atom stereocenters. The lowest BCUT2D eigenvalue weighted by Gasteiger charge is -2.13. The van der Waals surface area contributed by atoms with Gasteiger partial charge in [-0.25, -0.2) is 0 Å². The molecule has 0 bridgehead atoms. The van der Waals surface area contributed by atoms with Crippen molar-refractivity contribution in [1.82, 2.24) is 10.6 Å². The third-order valence-electron chi connectivity index (χ3n) is 3.03. The van der Waals surface area contributed by atoms with Gasteiger partial charge in [0.05, 0.1) is 17.6 Å². The number of carbonyl (C=O) groups excluding carboxylic acids is 1. The summed E-state index contributed by atoms with van der Waals surface area (Å²) in [7, 11) is 1.57. The Hall–Kier alpha value is -1.99. The molecule has 116 valence electrons. The van der Waals surface area contributed by atoms with Crippen molar-refractivity contribution in [2.45, 2.75) is 19.4 Å². The molecule has 0 spiro atoms. The van der Waals surface area contributed by atoms with Gasteiger partial charge in [0, 0.05) is 31.8 Å². The first-order valence-corrected chi connectivity index (χ1v) is 6.78. The van der Waals surface area contributed by atoms with Gasteiger partial charge in [-0.3, -0.25) is 14.9 Å².